The van der Waals surface area contributed by atoms with Crippen LogP contribution in [0.3, 0.4) is 0 Å². The average molecular weight is 230 g/mol. The quantitative estimate of drug-likeness (QED) is 0.625. The van der Waals surface area contributed by atoms with Crippen LogP contribution < -0.4 is 10.6 Å². The number of carbonyl (C=O) groups is 1. The first-order chi connectivity index (χ1) is 7.61. The molecule has 4 nitrogen and oxygen atoms in total. The number of hydrogen-bond donors (Lipinski definition) is 2. The number of nitrogens with one attached hydrogen (secondary N) is 2. The van der Waals surface area contributed by atoms with Gasteiger partial charge in [0, 0.05) is 32.2 Å². The fourth-order valence-corrected chi connectivity index (χ4v) is 1.39. The topological polar surface area (TPSA) is 50.4 Å². The van der Waals surface area contributed by atoms with Crippen LogP contribution in [0.15, 0.2) is 0 Å². The van der Waals surface area contributed by atoms with E-state index in [0.29, 0.717) is 38.1 Å². The number of hydrogen-bond acceptors (Lipinski definition) is 3. The van der Waals surface area contributed by atoms with Crippen LogP contribution in [-0.2, 0) is 9.53 Å². The van der Waals surface area contributed by atoms with E-state index in [-0.39, 0.29) is 5.91 Å². The van der Waals surface area contributed by atoms with Gasteiger partial charge in [-0.15, -0.1) is 0 Å². The molecule has 1 amide bonds. The van der Waals surface area contributed by atoms with Crippen molar-refractivity contribution in [2.75, 3.05) is 26.3 Å². The number of carbonyl (C=O) groups excluding carboxylic acids is 1. The maximum absolute atomic E-state index is 11.2. The van der Waals surface area contributed by atoms with Gasteiger partial charge in [0.25, 0.3) is 0 Å². The van der Waals surface area contributed by atoms with Crippen LogP contribution in [0.5, 0.6) is 0 Å². The zero-order valence-electron chi connectivity index (χ0n) is 11.0. The van der Waals surface area contributed by atoms with Crippen LogP contribution in [0.2, 0.25) is 0 Å². The summed E-state index contributed by atoms with van der Waals surface area (Å²) in [6, 6.07) is 0.328. The summed E-state index contributed by atoms with van der Waals surface area (Å²) in [7, 11) is 0. The third-order valence-corrected chi connectivity index (χ3v) is 2.44. The Balaban J connectivity index is 3.71. The van der Waals surface area contributed by atoms with Crippen LogP contribution in [0.4, 0.5) is 0 Å². The fourth-order valence-electron chi connectivity index (χ4n) is 1.39. The van der Waals surface area contributed by atoms with Gasteiger partial charge in [-0.05, 0) is 19.8 Å². The van der Waals surface area contributed by atoms with Crippen LogP contribution >= 0.6 is 0 Å². The van der Waals surface area contributed by atoms with Gasteiger partial charge in [-0.25, -0.2) is 0 Å². The predicted octanol–water partition coefficient (Wildman–Crippen LogP) is 1.16. The van der Waals surface area contributed by atoms with Gasteiger partial charge in [-0.2, -0.15) is 0 Å². The van der Waals surface area contributed by atoms with Crippen molar-refractivity contribution in [2.24, 2.45) is 5.92 Å². The molecule has 0 saturated carbocycles. The monoisotopic (exact) mass is 230 g/mol. The molecule has 0 spiro atoms. The first-order valence-corrected chi connectivity index (χ1v) is 6.19. The van der Waals surface area contributed by atoms with Gasteiger partial charge in [0.15, 0.2) is 0 Å². The first kappa shape index (κ1) is 15.4. The molecule has 0 aromatic rings. The zero-order valence-corrected chi connectivity index (χ0v) is 11.0. The maximum atomic E-state index is 11.2. The fraction of sp³-hybridized carbons (Fsp3) is 0.917. The second-order valence-corrected chi connectivity index (χ2v) is 4.17. The molecular formula is C12H26N2O2. The Morgan fingerprint density at radius 1 is 1.31 bits per heavy atom. The van der Waals surface area contributed by atoms with Crippen molar-refractivity contribution in [3.63, 3.8) is 0 Å². The van der Waals surface area contributed by atoms with E-state index < -0.39 is 0 Å². The average Bonchev–Trinajstić information content (AvgIpc) is 2.23. The predicted molar refractivity (Wildman–Crippen MR) is 66.4 cm³/mol. The summed E-state index contributed by atoms with van der Waals surface area (Å²) in [5, 5.41) is 6.14. The van der Waals surface area contributed by atoms with Crippen molar-refractivity contribution >= 4 is 5.91 Å². The molecule has 0 aliphatic carbocycles. The minimum absolute atomic E-state index is 0.105. The van der Waals surface area contributed by atoms with E-state index in [0.717, 1.165) is 6.61 Å². The van der Waals surface area contributed by atoms with E-state index in [4.69, 9.17) is 4.74 Å². The lowest BCUT2D eigenvalue weighted by molar-refractivity contribution is -0.120. The van der Waals surface area contributed by atoms with E-state index in [1.807, 2.05) is 13.8 Å². The lowest BCUT2D eigenvalue weighted by atomic mass is 10.1. The van der Waals surface area contributed by atoms with Crippen molar-refractivity contribution in [1.29, 1.82) is 0 Å². The molecule has 0 aromatic carbocycles. The minimum Gasteiger partial charge on any atom is -0.380 e. The highest BCUT2D eigenvalue weighted by Crippen LogP contribution is 2.02. The molecule has 0 aliphatic rings. The molecule has 2 N–H and O–H groups in total. The Morgan fingerprint density at radius 2 is 2.00 bits per heavy atom. The standard InChI is InChI=1S/C12H26N2O2/c1-5-13-12(15)7-8-14-11(10(3)4)9-16-6-2/h10-11,14H,5-9H2,1-4H3,(H,13,15). The number of amides is 1. The van der Waals surface area contributed by atoms with E-state index >= 15 is 0 Å². The van der Waals surface area contributed by atoms with E-state index in [1.54, 1.807) is 0 Å². The summed E-state index contributed by atoms with van der Waals surface area (Å²) in [5.74, 6) is 0.620. The highest BCUT2D eigenvalue weighted by atomic mass is 16.5. The molecule has 0 rings (SSSR count). The van der Waals surface area contributed by atoms with Gasteiger partial charge in [0.05, 0.1) is 6.61 Å². The molecular weight excluding hydrogens is 204 g/mol. The van der Waals surface area contributed by atoms with Crippen molar-refractivity contribution in [3.8, 4) is 0 Å². The van der Waals surface area contributed by atoms with Crippen molar-refractivity contribution < 1.29 is 9.53 Å². The SMILES string of the molecule is CCNC(=O)CCNC(COCC)C(C)C. The van der Waals surface area contributed by atoms with Gasteiger partial charge in [0.1, 0.15) is 0 Å². The van der Waals surface area contributed by atoms with Gasteiger partial charge in [-0.3, -0.25) is 4.79 Å². The Hall–Kier alpha value is -0.610. The lowest BCUT2D eigenvalue weighted by Crippen LogP contribution is -2.40. The van der Waals surface area contributed by atoms with Crippen molar-refractivity contribution in [3.05, 3.63) is 0 Å². The van der Waals surface area contributed by atoms with Crippen molar-refractivity contribution in [1.82, 2.24) is 10.6 Å². The third kappa shape index (κ3) is 7.65. The molecule has 96 valence electrons. The molecule has 0 radical (unpaired) electrons. The molecule has 0 saturated heterocycles. The Bertz CT molecular complexity index is 184. The summed E-state index contributed by atoms with van der Waals surface area (Å²) in [5.41, 5.74) is 0. The molecule has 0 aromatic heterocycles. The van der Waals surface area contributed by atoms with Gasteiger partial charge >= 0.3 is 0 Å². The second kappa shape index (κ2) is 9.60. The summed E-state index contributed by atoms with van der Waals surface area (Å²) in [6.07, 6.45) is 0.531. The second-order valence-electron chi connectivity index (χ2n) is 4.17. The smallest absolute Gasteiger partial charge is 0.221 e. The highest BCUT2D eigenvalue weighted by Gasteiger charge is 2.12. The van der Waals surface area contributed by atoms with Crippen LogP contribution in [-0.4, -0.2) is 38.3 Å². The highest BCUT2D eigenvalue weighted by molar-refractivity contribution is 5.75. The molecule has 0 aliphatic heterocycles. The van der Waals surface area contributed by atoms with Crippen LogP contribution in [0.25, 0.3) is 0 Å². The molecule has 0 fully saturated rings. The molecule has 16 heavy (non-hydrogen) atoms. The first-order valence-electron chi connectivity index (χ1n) is 6.19. The van der Waals surface area contributed by atoms with Gasteiger partial charge in [-0.1, -0.05) is 13.8 Å². The molecule has 0 bridgehead atoms. The van der Waals surface area contributed by atoms with Crippen LogP contribution in [0.1, 0.15) is 34.1 Å². The normalized spacial score (nSPS) is 12.8. The Labute approximate surface area is 99.1 Å². The summed E-state index contributed by atoms with van der Waals surface area (Å²) < 4.78 is 5.40. The number of ether oxygens (including phenoxy) is 1. The number of rotatable bonds is 9. The minimum atomic E-state index is 0.105. The van der Waals surface area contributed by atoms with Crippen LogP contribution in [0, 0.1) is 5.92 Å². The third-order valence-electron chi connectivity index (χ3n) is 2.44. The summed E-state index contributed by atoms with van der Waals surface area (Å²) in [6.45, 7) is 11.1. The summed E-state index contributed by atoms with van der Waals surface area (Å²) in [4.78, 5) is 11.2. The Morgan fingerprint density at radius 3 is 2.50 bits per heavy atom. The summed E-state index contributed by atoms with van der Waals surface area (Å²) >= 11 is 0. The van der Waals surface area contributed by atoms with E-state index in [2.05, 4.69) is 24.5 Å². The van der Waals surface area contributed by atoms with Crippen molar-refractivity contribution in [2.45, 2.75) is 40.2 Å². The molecule has 4 heteroatoms. The van der Waals surface area contributed by atoms with Gasteiger partial charge in [0.2, 0.25) is 5.91 Å². The molecule has 1 atom stereocenters. The van der Waals surface area contributed by atoms with Gasteiger partial charge < -0.3 is 15.4 Å². The zero-order chi connectivity index (χ0) is 12.4. The lowest BCUT2D eigenvalue weighted by Gasteiger charge is -2.22. The van der Waals surface area contributed by atoms with E-state index in [9.17, 15) is 4.79 Å². The molecule has 0 heterocycles. The Kier molecular flexibility index (Phi) is 9.24. The molecule has 1 unspecified atom stereocenters. The largest absolute Gasteiger partial charge is 0.380 e. The maximum Gasteiger partial charge on any atom is 0.221 e. The van der Waals surface area contributed by atoms with E-state index in [1.165, 1.54) is 0 Å².